The second-order valence-corrected chi connectivity index (χ2v) is 8.44. The Kier molecular flexibility index (Phi) is 8.27. The number of benzene rings is 3. The molecule has 0 radical (unpaired) electrons. The third-order valence-electron chi connectivity index (χ3n) is 5.25. The zero-order valence-corrected chi connectivity index (χ0v) is 18.9. The van der Waals surface area contributed by atoms with Gasteiger partial charge in [0, 0.05) is 0 Å². The van der Waals surface area contributed by atoms with E-state index in [4.69, 9.17) is 18.9 Å². The van der Waals surface area contributed by atoms with Crippen LogP contribution in [0.15, 0.2) is 91.0 Å². The summed E-state index contributed by atoms with van der Waals surface area (Å²) in [6.07, 6.45) is -0.817. The van der Waals surface area contributed by atoms with E-state index in [0.29, 0.717) is 26.4 Å². The third kappa shape index (κ3) is 6.48. The monoisotopic (exact) mass is 482 g/mol. The number of halogens is 1. The van der Waals surface area contributed by atoms with E-state index in [1.54, 1.807) is 0 Å². The molecule has 1 saturated heterocycles. The van der Waals surface area contributed by atoms with E-state index in [9.17, 15) is 0 Å². The maximum Gasteiger partial charge on any atom is 0.141 e. The highest BCUT2D eigenvalue weighted by Gasteiger charge is 2.42. The Bertz CT molecular complexity index is 891. The van der Waals surface area contributed by atoms with Gasteiger partial charge in [-0.05, 0) is 16.7 Å². The minimum absolute atomic E-state index is 0.238. The van der Waals surface area contributed by atoms with Crippen LogP contribution in [0.2, 0.25) is 0 Å². The van der Waals surface area contributed by atoms with E-state index >= 15 is 0 Å². The number of rotatable bonds is 9. The van der Waals surface area contributed by atoms with Gasteiger partial charge >= 0.3 is 0 Å². The predicted octanol–water partition coefficient (Wildman–Crippen LogP) is 5.49. The van der Waals surface area contributed by atoms with Crippen LogP contribution in [0.4, 0.5) is 0 Å². The van der Waals surface area contributed by atoms with Crippen LogP contribution >= 0.6 is 15.9 Å². The second kappa shape index (κ2) is 11.6. The average Bonchev–Trinajstić information content (AvgIpc) is 2.83. The first-order chi connectivity index (χ1) is 15.3. The van der Waals surface area contributed by atoms with Crippen molar-refractivity contribution in [3.05, 3.63) is 108 Å². The van der Waals surface area contributed by atoms with Crippen LogP contribution in [0.1, 0.15) is 16.7 Å². The quantitative estimate of drug-likeness (QED) is 0.377. The minimum Gasteiger partial charge on any atom is -0.368 e. The van der Waals surface area contributed by atoms with E-state index in [2.05, 4.69) is 52.3 Å². The Morgan fingerprint density at radius 1 is 0.613 bits per heavy atom. The fourth-order valence-corrected chi connectivity index (χ4v) is 4.17. The van der Waals surface area contributed by atoms with Crippen LogP contribution in [0.3, 0.4) is 0 Å². The van der Waals surface area contributed by atoms with Gasteiger partial charge in [-0.25, -0.2) is 0 Å². The van der Waals surface area contributed by atoms with Gasteiger partial charge in [0.25, 0.3) is 0 Å². The lowest BCUT2D eigenvalue weighted by Crippen LogP contribution is -2.54. The lowest BCUT2D eigenvalue weighted by atomic mass is 10.1. The molecular weight excluding hydrogens is 456 g/mol. The normalized spacial score (nSPS) is 23.5. The highest BCUT2D eigenvalue weighted by Crippen LogP contribution is 2.29. The summed E-state index contributed by atoms with van der Waals surface area (Å²) in [6.45, 7) is 1.90. The molecular formula is C26H27BrO4. The van der Waals surface area contributed by atoms with E-state index in [1.807, 2.05) is 54.6 Å². The molecule has 1 unspecified atom stereocenters. The van der Waals surface area contributed by atoms with Crippen molar-refractivity contribution >= 4 is 15.9 Å². The van der Waals surface area contributed by atoms with Crippen molar-refractivity contribution in [1.82, 2.24) is 0 Å². The first-order valence-corrected chi connectivity index (χ1v) is 11.4. The van der Waals surface area contributed by atoms with Crippen LogP contribution in [0.5, 0.6) is 0 Å². The van der Waals surface area contributed by atoms with Crippen LogP contribution in [0, 0.1) is 0 Å². The van der Waals surface area contributed by atoms with E-state index in [0.717, 1.165) is 16.7 Å². The smallest absolute Gasteiger partial charge is 0.141 e. The number of hydrogen-bond acceptors (Lipinski definition) is 4. The molecule has 31 heavy (non-hydrogen) atoms. The van der Waals surface area contributed by atoms with Crippen LogP contribution in [-0.2, 0) is 38.8 Å². The molecule has 0 aliphatic carbocycles. The molecule has 3 aromatic carbocycles. The molecule has 0 spiro atoms. The second-order valence-electron chi connectivity index (χ2n) is 7.54. The zero-order chi connectivity index (χ0) is 21.3. The highest BCUT2D eigenvalue weighted by molar-refractivity contribution is 9.09. The van der Waals surface area contributed by atoms with E-state index < -0.39 is 0 Å². The maximum absolute atomic E-state index is 6.38. The van der Waals surface area contributed by atoms with Crippen molar-refractivity contribution in [2.45, 2.75) is 43.1 Å². The van der Waals surface area contributed by atoms with Gasteiger partial charge in [0.05, 0.1) is 26.4 Å². The molecule has 3 aromatic rings. The molecule has 5 heteroatoms. The summed E-state index contributed by atoms with van der Waals surface area (Å²) in [5, 5.41) is -0.270. The maximum atomic E-state index is 6.38. The summed E-state index contributed by atoms with van der Waals surface area (Å²) in [5.74, 6) is 0. The lowest BCUT2D eigenvalue weighted by Gasteiger charge is -2.40. The first-order valence-electron chi connectivity index (χ1n) is 10.5. The Morgan fingerprint density at radius 3 is 1.52 bits per heavy atom. The molecule has 0 aromatic heterocycles. The zero-order valence-electron chi connectivity index (χ0n) is 17.3. The van der Waals surface area contributed by atoms with Gasteiger partial charge in [0.2, 0.25) is 0 Å². The summed E-state index contributed by atoms with van der Waals surface area (Å²) in [7, 11) is 0. The van der Waals surface area contributed by atoms with Gasteiger partial charge in [-0.3, -0.25) is 0 Å². The molecule has 1 aliphatic rings. The molecule has 1 fully saturated rings. The summed E-state index contributed by atoms with van der Waals surface area (Å²) in [6, 6.07) is 30.4. The van der Waals surface area contributed by atoms with E-state index in [-0.39, 0.29) is 23.3 Å². The summed E-state index contributed by atoms with van der Waals surface area (Å²) >= 11 is 3.64. The summed E-state index contributed by atoms with van der Waals surface area (Å²) < 4.78 is 24.9. The Morgan fingerprint density at radius 2 is 1.03 bits per heavy atom. The molecule has 4 rings (SSSR count). The fraction of sp³-hybridized carbons (Fsp3) is 0.308. The molecule has 0 N–H and O–H groups in total. The summed E-state index contributed by atoms with van der Waals surface area (Å²) in [4.78, 5) is 0. The third-order valence-corrected chi connectivity index (χ3v) is 6.03. The number of hydrogen-bond donors (Lipinski definition) is 0. The van der Waals surface area contributed by atoms with Crippen LogP contribution in [-0.4, -0.2) is 29.9 Å². The fourth-order valence-electron chi connectivity index (χ4n) is 3.56. The van der Waals surface area contributed by atoms with Gasteiger partial charge in [-0.15, -0.1) is 0 Å². The topological polar surface area (TPSA) is 36.9 Å². The van der Waals surface area contributed by atoms with E-state index in [1.165, 1.54) is 0 Å². The van der Waals surface area contributed by atoms with Crippen molar-refractivity contribution in [3.63, 3.8) is 0 Å². The molecule has 0 amide bonds. The Labute approximate surface area is 192 Å². The van der Waals surface area contributed by atoms with Gasteiger partial charge in [-0.2, -0.15) is 0 Å². The number of alkyl halides is 1. The Balaban J connectivity index is 1.46. The molecule has 162 valence electrons. The van der Waals surface area contributed by atoms with Gasteiger partial charge in [0.1, 0.15) is 23.3 Å². The highest BCUT2D eigenvalue weighted by atomic mass is 79.9. The van der Waals surface area contributed by atoms with Gasteiger partial charge in [0.15, 0.2) is 0 Å². The van der Waals surface area contributed by atoms with Crippen molar-refractivity contribution < 1.29 is 18.9 Å². The molecule has 4 atom stereocenters. The molecule has 0 bridgehead atoms. The molecule has 0 saturated carbocycles. The molecule has 1 aliphatic heterocycles. The minimum atomic E-state index is -0.307. The Hall–Kier alpha value is -2.02. The van der Waals surface area contributed by atoms with Crippen LogP contribution in [0.25, 0.3) is 0 Å². The standard InChI is InChI=1S/C26H27BrO4/c27-26-25(30-18-22-14-8-3-9-15-22)24(29-17-21-12-6-2-7-13-21)23(19-31-26)28-16-20-10-4-1-5-11-20/h1-15,23-26H,16-19H2/t23-,24-,25+,26?/m1/s1. The SMILES string of the molecule is BrC1OC[C@@H](OCc2ccccc2)[C@@H](OCc2ccccc2)[C@@H]1OCc1ccccc1. The lowest BCUT2D eigenvalue weighted by molar-refractivity contribution is -0.218. The van der Waals surface area contributed by atoms with Crippen LogP contribution < -0.4 is 0 Å². The van der Waals surface area contributed by atoms with Gasteiger partial charge in [-0.1, -0.05) is 107 Å². The van der Waals surface area contributed by atoms with Crippen molar-refractivity contribution in [2.24, 2.45) is 0 Å². The predicted molar refractivity (Wildman–Crippen MR) is 124 cm³/mol. The molecule has 1 heterocycles. The van der Waals surface area contributed by atoms with Crippen molar-refractivity contribution in [2.75, 3.05) is 6.61 Å². The average molecular weight is 483 g/mol. The largest absolute Gasteiger partial charge is 0.368 e. The number of ether oxygens (including phenoxy) is 4. The van der Waals surface area contributed by atoms with Gasteiger partial charge < -0.3 is 18.9 Å². The molecule has 4 nitrogen and oxygen atoms in total. The summed E-state index contributed by atoms with van der Waals surface area (Å²) in [5.41, 5.74) is 3.34. The van der Waals surface area contributed by atoms with Crippen molar-refractivity contribution in [3.8, 4) is 0 Å². The van der Waals surface area contributed by atoms with Crippen molar-refractivity contribution in [1.29, 1.82) is 0 Å². The first kappa shape index (κ1) is 22.2.